The Kier molecular flexibility index (Phi) is 4.11. The third kappa shape index (κ3) is 2.73. The van der Waals surface area contributed by atoms with Gasteiger partial charge in [0.2, 0.25) is 0 Å². The molecular formula is C20H15Cl2N3OS. The van der Waals surface area contributed by atoms with Crippen molar-refractivity contribution in [1.82, 2.24) is 9.78 Å². The number of thiophene rings is 1. The number of allylic oxidation sites excluding steroid dienone is 2. The van der Waals surface area contributed by atoms with Gasteiger partial charge in [-0.15, -0.1) is 11.3 Å². The van der Waals surface area contributed by atoms with E-state index >= 15 is 0 Å². The second-order valence-corrected chi connectivity index (χ2v) is 8.46. The summed E-state index contributed by atoms with van der Waals surface area (Å²) in [6, 6.07) is 9.34. The number of anilines is 1. The van der Waals surface area contributed by atoms with E-state index in [1.807, 2.05) is 34.5 Å². The number of benzene rings is 1. The van der Waals surface area contributed by atoms with Crippen molar-refractivity contribution in [2.75, 3.05) is 5.32 Å². The predicted octanol–water partition coefficient (Wildman–Crippen LogP) is 5.94. The van der Waals surface area contributed by atoms with Crippen LogP contribution in [0.25, 0.3) is 10.4 Å². The number of hydrogen-bond donors (Lipinski definition) is 1. The van der Waals surface area contributed by atoms with Crippen LogP contribution in [0.1, 0.15) is 30.9 Å². The predicted molar refractivity (Wildman–Crippen MR) is 110 cm³/mol. The Balaban J connectivity index is 1.73. The smallest absolute Gasteiger partial charge is 0.163 e. The lowest BCUT2D eigenvalue weighted by molar-refractivity contribution is -0.116. The molecule has 2 aliphatic rings. The molecule has 1 atom stereocenters. The summed E-state index contributed by atoms with van der Waals surface area (Å²) in [7, 11) is 0. The minimum atomic E-state index is -0.299. The molecule has 4 nitrogen and oxygen atoms in total. The van der Waals surface area contributed by atoms with Crippen LogP contribution < -0.4 is 5.32 Å². The van der Waals surface area contributed by atoms with Crippen LogP contribution >= 0.6 is 34.5 Å². The quantitative estimate of drug-likeness (QED) is 0.562. The molecule has 1 aliphatic carbocycles. The average Bonchev–Trinajstić information content (AvgIpc) is 3.32. The minimum absolute atomic E-state index is 0.165. The van der Waals surface area contributed by atoms with Crippen LogP contribution in [0.15, 0.2) is 53.2 Å². The Morgan fingerprint density at radius 2 is 2.07 bits per heavy atom. The lowest BCUT2D eigenvalue weighted by atomic mass is 9.85. The highest BCUT2D eigenvalue weighted by Crippen LogP contribution is 2.45. The zero-order chi connectivity index (χ0) is 18.5. The molecule has 0 saturated heterocycles. The third-order valence-electron chi connectivity index (χ3n) is 5.08. The molecule has 0 bridgehead atoms. The summed E-state index contributed by atoms with van der Waals surface area (Å²) >= 11 is 14.1. The number of hydrogen-bond acceptors (Lipinski definition) is 4. The lowest BCUT2D eigenvalue weighted by Gasteiger charge is -2.33. The Morgan fingerprint density at radius 3 is 2.85 bits per heavy atom. The zero-order valence-corrected chi connectivity index (χ0v) is 16.5. The van der Waals surface area contributed by atoms with E-state index < -0.39 is 0 Å². The summed E-state index contributed by atoms with van der Waals surface area (Å²) in [6.07, 6.45) is 4.14. The monoisotopic (exact) mass is 415 g/mol. The molecule has 5 rings (SSSR count). The summed E-state index contributed by atoms with van der Waals surface area (Å²) < 4.78 is 1.90. The molecule has 1 unspecified atom stereocenters. The van der Waals surface area contributed by atoms with E-state index in [-0.39, 0.29) is 11.8 Å². The van der Waals surface area contributed by atoms with Gasteiger partial charge < -0.3 is 5.32 Å². The van der Waals surface area contributed by atoms with E-state index in [9.17, 15) is 4.79 Å². The fraction of sp³-hybridized carbons (Fsp3) is 0.200. The van der Waals surface area contributed by atoms with Crippen molar-refractivity contribution < 1.29 is 4.79 Å². The molecular weight excluding hydrogens is 401 g/mol. The fourth-order valence-corrected chi connectivity index (χ4v) is 4.90. The van der Waals surface area contributed by atoms with Crippen LogP contribution in [-0.2, 0) is 4.79 Å². The maximum Gasteiger partial charge on any atom is 0.163 e. The van der Waals surface area contributed by atoms with E-state index in [1.165, 1.54) is 0 Å². The van der Waals surface area contributed by atoms with Gasteiger partial charge in [0.15, 0.2) is 5.78 Å². The first-order chi connectivity index (χ1) is 13.1. The molecule has 1 aliphatic heterocycles. The van der Waals surface area contributed by atoms with Gasteiger partial charge in [-0.25, -0.2) is 4.68 Å². The van der Waals surface area contributed by atoms with Gasteiger partial charge in [0.05, 0.1) is 21.8 Å². The fourth-order valence-electron chi connectivity index (χ4n) is 3.86. The first-order valence-electron chi connectivity index (χ1n) is 8.73. The first kappa shape index (κ1) is 17.0. The van der Waals surface area contributed by atoms with Crippen molar-refractivity contribution in [3.63, 3.8) is 0 Å². The Morgan fingerprint density at radius 1 is 1.19 bits per heavy atom. The molecule has 0 radical (unpaired) electrons. The first-order valence-corrected chi connectivity index (χ1v) is 10.4. The topological polar surface area (TPSA) is 46.9 Å². The molecule has 2 aromatic heterocycles. The summed E-state index contributed by atoms with van der Waals surface area (Å²) in [5, 5.41) is 11.2. The summed E-state index contributed by atoms with van der Waals surface area (Å²) in [4.78, 5) is 14.0. The highest BCUT2D eigenvalue weighted by molar-refractivity contribution is 7.13. The Hall–Kier alpha value is -2.08. The van der Waals surface area contributed by atoms with Gasteiger partial charge in [0.25, 0.3) is 0 Å². The molecule has 7 heteroatoms. The number of nitrogens with one attached hydrogen (secondary N) is 1. The zero-order valence-electron chi connectivity index (χ0n) is 14.2. The average molecular weight is 416 g/mol. The van der Waals surface area contributed by atoms with Crippen molar-refractivity contribution in [3.8, 4) is 10.4 Å². The number of rotatable bonds is 2. The number of carbonyl (C=O) groups is 1. The molecule has 3 aromatic rings. The summed E-state index contributed by atoms with van der Waals surface area (Å²) in [5.74, 6) is 1.08. The van der Waals surface area contributed by atoms with Gasteiger partial charge in [0, 0.05) is 22.6 Å². The number of Topliss-reactive ketones (excluding diaryl/α,β-unsaturated/α-hetero) is 1. The number of ketones is 1. The molecule has 0 fully saturated rings. The largest absolute Gasteiger partial charge is 0.343 e. The number of nitrogens with zero attached hydrogens (tertiary/aromatic N) is 2. The second kappa shape index (κ2) is 6.51. The highest BCUT2D eigenvalue weighted by atomic mass is 35.5. The van der Waals surface area contributed by atoms with Crippen molar-refractivity contribution in [2.24, 2.45) is 0 Å². The van der Waals surface area contributed by atoms with E-state index in [4.69, 9.17) is 23.2 Å². The van der Waals surface area contributed by atoms with Gasteiger partial charge in [-0.3, -0.25) is 4.79 Å². The molecule has 1 N–H and O–H groups in total. The maximum atomic E-state index is 12.8. The second-order valence-electron chi connectivity index (χ2n) is 6.70. The summed E-state index contributed by atoms with van der Waals surface area (Å²) in [6.45, 7) is 0. The summed E-state index contributed by atoms with van der Waals surface area (Å²) in [5.41, 5.74) is 3.73. The molecule has 0 spiro atoms. The van der Waals surface area contributed by atoms with Crippen LogP contribution in [0.5, 0.6) is 0 Å². The van der Waals surface area contributed by atoms with Gasteiger partial charge in [0.1, 0.15) is 11.9 Å². The molecule has 27 heavy (non-hydrogen) atoms. The number of aromatic nitrogens is 2. The minimum Gasteiger partial charge on any atom is -0.343 e. The van der Waals surface area contributed by atoms with Crippen LogP contribution in [0.3, 0.4) is 0 Å². The molecule has 0 amide bonds. The number of fused-ring (bicyclic) bond motifs is 1. The third-order valence-corrected chi connectivity index (χ3v) is 6.73. The van der Waals surface area contributed by atoms with Crippen molar-refractivity contribution in [2.45, 2.75) is 25.3 Å². The van der Waals surface area contributed by atoms with Crippen molar-refractivity contribution >= 4 is 46.1 Å². The standard InChI is InChI=1S/C20H15Cl2N3OS/c21-13-7-6-11(9-14(13)22)19-18-15(3-1-4-16(18)26)24-20-12(10-23-25(19)20)17-5-2-8-27-17/h2,5-10,19,24H,1,3-4H2. The van der Waals surface area contributed by atoms with Crippen LogP contribution in [-0.4, -0.2) is 15.6 Å². The van der Waals surface area contributed by atoms with E-state index in [2.05, 4.69) is 16.5 Å². The van der Waals surface area contributed by atoms with Gasteiger partial charge in [-0.1, -0.05) is 35.3 Å². The number of carbonyl (C=O) groups excluding carboxylic acids is 1. The van der Waals surface area contributed by atoms with Crippen molar-refractivity contribution in [1.29, 1.82) is 0 Å². The molecule has 1 aromatic carbocycles. The normalized spacial score (nSPS) is 18.9. The van der Waals surface area contributed by atoms with Gasteiger partial charge in [-0.2, -0.15) is 5.10 Å². The molecule has 136 valence electrons. The Labute approximate surface area is 170 Å². The lowest BCUT2D eigenvalue weighted by Crippen LogP contribution is -2.31. The van der Waals surface area contributed by atoms with Crippen molar-refractivity contribution in [3.05, 3.63) is 68.8 Å². The van der Waals surface area contributed by atoms with Crippen LogP contribution in [0.4, 0.5) is 5.82 Å². The van der Waals surface area contributed by atoms with Gasteiger partial charge in [-0.05, 0) is 42.0 Å². The number of halogens is 2. The highest BCUT2D eigenvalue weighted by Gasteiger charge is 2.37. The SMILES string of the molecule is O=C1CCCC2=C1C(c1ccc(Cl)c(Cl)c1)n1ncc(-c3cccs3)c1N2. The van der Waals surface area contributed by atoms with E-state index in [0.717, 1.165) is 45.9 Å². The van der Waals surface area contributed by atoms with E-state index in [0.29, 0.717) is 16.5 Å². The van der Waals surface area contributed by atoms with E-state index in [1.54, 1.807) is 17.4 Å². The molecule has 3 heterocycles. The Bertz CT molecular complexity index is 1080. The maximum absolute atomic E-state index is 12.8. The van der Waals surface area contributed by atoms with Gasteiger partial charge >= 0.3 is 0 Å². The van der Waals surface area contributed by atoms with Crippen LogP contribution in [0, 0.1) is 0 Å². The van der Waals surface area contributed by atoms with Crippen LogP contribution in [0.2, 0.25) is 10.0 Å². The molecule has 0 saturated carbocycles.